The standard InChI is InChI=1S/C14H14F4N2O2/c1-7-8(2)20(13(22)19-12(7)21)6-9-10(14(16,17)18)4-3-5-11(9)15/h5H,3-4,6H2,1-2H3,(H,19,21,22). The maximum absolute atomic E-state index is 13.9. The van der Waals surface area contributed by atoms with Gasteiger partial charge in [0.25, 0.3) is 5.56 Å². The first-order valence-corrected chi connectivity index (χ1v) is 6.58. The van der Waals surface area contributed by atoms with Gasteiger partial charge in [-0.2, -0.15) is 13.2 Å². The van der Waals surface area contributed by atoms with E-state index in [0.29, 0.717) is 0 Å². The van der Waals surface area contributed by atoms with Crippen molar-refractivity contribution < 1.29 is 17.6 Å². The largest absolute Gasteiger partial charge is 0.413 e. The highest BCUT2D eigenvalue weighted by Gasteiger charge is 2.38. The third-order valence-electron chi connectivity index (χ3n) is 3.78. The van der Waals surface area contributed by atoms with Gasteiger partial charge in [-0.15, -0.1) is 0 Å². The van der Waals surface area contributed by atoms with E-state index in [0.717, 1.165) is 10.6 Å². The minimum absolute atomic E-state index is 0.0390. The summed E-state index contributed by atoms with van der Waals surface area (Å²) in [5, 5.41) is 0. The lowest BCUT2D eigenvalue weighted by molar-refractivity contribution is -0.0952. The summed E-state index contributed by atoms with van der Waals surface area (Å²) in [6.07, 6.45) is -3.95. The van der Waals surface area contributed by atoms with Crippen LogP contribution in [-0.4, -0.2) is 15.7 Å². The number of nitrogens with zero attached hydrogens (tertiary/aromatic N) is 1. The topological polar surface area (TPSA) is 54.9 Å². The van der Waals surface area contributed by atoms with E-state index in [1.165, 1.54) is 13.8 Å². The molecule has 0 fully saturated rings. The van der Waals surface area contributed by atoms with Crippen LogP contribution in [0.4, 0.5) is 17.6 Å². The lowest BCUT2D eigenvalue weighted by atomic mass is 9.95. The van der Waals surface area contributed by atoms with Gasteiger partial charge in [0.2, 0.25) is 0 Å². The summed E-state index contributed by atoms with van der Waals surface area (Å²) in [4.78, 5) is 25.3. The zero-order valence-electron chi connectivity index (χ0n) is 12.0. The summed E-state index contributed by atoms with van der Waals surface area (Å²) in [5.74, 6) is -0.978. The van der Waals surface area contributed by atoms with Gasteiger partial charge in [0.05, 0.1) is 6.54 Å². The minimum Gasteiger partial charge on any atom is -0.293 e. The van der Waals surface area contributed by atoms with E-state index in [1.54, 1.807) is 0 Å². The number of nitrogens with one attached hydrogen (secondary N) is 1. The van der Waals surface area contributed by atoms with E-state index in [4.69, 9.17) is 0 Å². The molecule has 1 aromatic heterocycles. The summed E-state index contributed by atoms with van der Waals surface area (Å²) < 4.78 is 53.9. The van der Waals surface area contributed by atoms with Crippen molar-refractivity contribution in [3.63, 3.8) is 0 Å². The number of aromatic amines is 1. The third-order valence-corrected chi connectivity index (χ3v) is 3.78. The van der Waals surface area contributed by atoms with Crippen LogP contribution >= 0.6 is 0 Å². The molecule has 0 aliphatic heterocycles. The first-order chi connectivity index (χ1) is 10.1. The highest BCUT2D eigenvalue weighted by atomic mass is 19.4. The Morgan fingerprint density at radius 3 is 2.50 bits per heavy atom. The van der Waals surface area contributed by atoms with Crippen LogP contribution in [0.3, 0.4) is 0 Å². The number of allylic oxidation sites excluding steroid dienone is 4. The van der Waals surface area contributed by atoms with Crippen LogP contribution in [0.2, 0.25) is 0 Å². The zero-order valence-corrected chi connectivity index (χ0v) is 12.0. The number of hydrogen-bond acceptors (Lipinski definition) is 2. The van der Waals surface area contributed by atoms with Gasteiger partial charge in [-0.25, -0.2) is 9.18 Å². The second-order valence-electron chi connectivity index (χ2n) is 5.10. The monoisotopic (exact) mass is 318 g/mol. The van der Waals surface area contributed by atoms with Crippen LogP contribution in [0.1, 0.15) is 24.1 Å². The second-order valence-corrected chi connectivity index (χ2v) is 5.10. The highest BCUT2D eigenvalue weighted by molar-refractivity contribution is 5.37. The molecule has 0 saturated heterocycles. The van der Waals surface area contributed by atoms with E-state index in [-0.39, 0.29) is 24.1 Å². The summed E-state index contributed by atoms with van der Waals surface area (Å²) in [6.45, 7) is 2.31. The normalized spacial score (nSPS) is 16.0. The van der Waals surface area contributed by atoms with Gasteiger partial charge in [-0.05, 0) is 32.8 Å². The summed E-state index contributed by atoms with van der Waals surface area (Å²) in [6, 6.07) is 0. The molecule has 0 atom stereocenters. The van der Waals surface area contributed by atoms with Crippen LogP contribution in [0.25, 0.3) is 0 Å². The average molecular weight is 318 g/mol. The molecular weight excluding hydrogens is 304 g/mol. The fourth-order valence-electron chi connectivity index (χ4n) is 2.37. The molecule has 8 heteroatoms. The lowest BCUT2D eigenvalue weighted by Gasteiger charge is -2.21. The van der Waals surface area contributed by atoms with Gasteiger partial charge >= 0.3 is 11.9 Å². The molecule has 1 aromatic rings. The summed E-state index contributed by atoms with van der Waals surface area (Å²) in [5.41, 5.74) is -2.59. The maximum Gasteiger partial charge on any atom is 0.413 e. The van der Waals surface area contributed by atoms with Gasteiger partial charge in [0.15, 0.2) is 0 Å². The molecule has 1 heterocycles. The molecule has 0 saturated carbocycles. The molecule has 1 N–H and O–H groups in total. The van der Waals surface area contributed by atoms with Crippen LogP contribution < -0.4 is 11.2 Å². The molecule has 0 bridgehead atoms. The smallest absolute Gasteiger partial charge is 0.293 e. The Morgan fingerprint density at radius 2 is 1.91 bits per heavy atom. The van der Waals surface area contributed by atoms with Crippen LogP contribution in [0.15, 0.2) is 32.6 Å². The Morgan fingerprint density at radius 1 is 1.27 bits per heavy atom. The number of hydrogen-bond donors (Lipinski definition) is 1. The zero-order chi connectivity index (χ0) is 16.7. The van der Waals surface area contributed by atoms with Gasteiger partial charge in [-0.3, -0.25) is 14.3 Å². The predicted molar refractivity (Wildman–Crippen MR) is 72.3 cm³/mol. The maximum atomic E-state index is 13.9. The molecule has 1 aliphatic rings. The SMILES string of the molecule is Cc1c(C)n(CC2=C(C(F)(F)F)CCC=C2F)c(=O)[nH]c1=O. The highest BCUT2D eigenvalue weighted by Crippen LogP contribution is 2.38. The summed E-state index contributed by atoms with van der Waals surface area (Å²) >= 11 is 0. The molecule has 1 aliphatic carbocycles. The molecular formula is C14H14F4N2O2. The molecule has 120 valence electrons. The minimum atomic E-state index is -4.66. The molecule has 2 rings (SSSR count). The first kappa shape index (κ1) is 16.3. The van der Waals surface area contributed by atoms with Gasteiger partial charge in [0, 0.05) is 22.4 Å². The molecule has 22 heavy (non-hydrogen) atoms. The Kier molecular flexibility index (Phi) is 4.12. The number of H-pyrrole nitrogens is 1. The Labute approximate surface area is 122 Å². The van der Waals surface area contributed by atoms with Crippen molar-refractivity contribution in [2.24, 2.45) is 0 Å². The molecule has 0 aromatic carbocycles. The molecule has 0 spiro atoms. The fraction of sp³-hybridized carbons (Fsp3) is 0.429. The second kappa shape index (κ2) is 5.58. The summed E-state index contributed by atoms with van der Waals surface area (Å²) in [7, 11) is 0. The molecule has 4 nitrogen and oxygen atoms in total. The quantitative estimate of drug-likeness (QED) is 0.852. The molecule has 0 radical (unpaired) electrons. The van der Waals surface area contributed by atoms with Crippen molar-refractivity contribution in [1.29, 1.82) is 0 Å². The van der Waals surface area contributed by atoms with Crippen molar-refractivity contribution in [3.05, 3.63) is 55.1 Å². The Bertz CT molecular complexity index is 782. The van der Waals surface area contributed by atoms with Crippen molar-refractivity contribution >= 4 is 0 Å². The third kappa shape index (κ3) is 2.90. The van der Waals surface area contributed by atoms with E-state index in [1.807, 2.05) is 4.98 Å². The van der Waals surface area contributed by atoms with E-state index >= 15 is 0 Å². The van der Waals surface area contributed by atoms with Crippen LogP contribution in [-0.2, 0) is 6.54 Å². The van der Waals surface area contributed by atoms with Crippen molar-refractivity contribution in [2.45, 2.75) is 39.4 Å². The first-order valence-electron chi connectivity index (χ1n) is 6.58. The number of aromatic nitrogens is 2. The van der Waals surface area contributed by atoms with Gasteiger partial charge in [0.1, 0.15) is 5.83 Å². The average Bonchev–Trinajstić information content (AvgIpc) is 2.41. The van der Waals surface area contributed by atoms with Crippen molar-refractivity contribution in [3.8, 4) is 0 Å². The van der Waals surface area contributed by atoms with Crippen LogP contribution in [0.5, 0.6) is 0 Å². The van der Waals surface area contributed by atoms with E-state index in [9.17, 15) is 27.2 Å². The van der Waals surface area contributed by atoms with Gasteiger partial charge in [-0.1, -0.05) is 0 Å². The fourth-order valence-corrected chi connectivity index (χ4v) is 2.37. The molecule has 0 unspecified atom stereocenters. The number of halogens is 4. The molecule has 0 amide bonds. The Balaban J connectivity index is 2.60. The number of alkyl halides is 3. The van der Waals surface area contributed by atoms with E-state index in [2.05, 4.69) is 0 Å². The number of rotatable bonds is 2. The van der Waals surface area contributed by atoms with Crippen molar-refractivity contribution in [1.82, 2.24) is 9.55 Å². The Hall–Kier alpha value is -2.12. The van der Waals surface area contributed by atoms with Crippen molar-refractivity contribution in [2.75, 3.05) is 0 Å². The lowest BCUT2D eigenvalue weighted by Crippen LogP contribution is -2.34. The van der Waals surface area contributed by atoms with Crippen LogP contribution in [0, 0.1) is 13.8 Å². The predicted octanol–water partition coefficient (Wildman–Crippen LogP) is 2.66. The van der Waals surface area contributed by atoms with Gasteiger partial charge < -0.3 is 0 Å². The van der Waals surface area contributed by atoms with E-state index < -0.39 is 40.9 Å².